The topological polar surface area (TPSA) is 43.6 Å². The van der Waals surface area contributed by atoms with Crippen molar-refractivity contribution in [3.05, 3.63) is 88.7 Å². The molecule has 8 heteroatoms. The summed E-state index contributed by atoms with van der Waals surface area (Å²) in [6, 6.07) is 12.7. The molecule has 0 unspecified atom stereocenters. The Morgan fingerprint density at radius 3 is 2.72 bits per heavy atom. The van der Waals surface area contributed by atoms with Crippen LogP contribution in [0.2, 0.25) is 5.02 Å². The molecular weight excluding hydrogens is 414 g/mol. The Morgan fingerprint density at radius 1 is 1.07 bits per heavy atom. The number of hydrogen-bond acceptors (Lipinski definition) is 4. The summed E-state index contributed by atoms with van der Waals surface area (Å²) in [6.07, 6.45) is 3.37. The van der Waals surface area contributed by atoms with Gasteiger partial charge in [0.05, 0.1) is 5.69 Å². The van der Waals surface area contributed by atoms with Crippen LogP contribution in [-0.2, 0) is 5.75 Å². The van der Waals surface area contributed by atoms with Gasteiger partial charge in [0.15, 0.2) is 11.0 Å². The van der Waals surface area contributed by atoms with E-state index in [-0.39, 0.29) is 11.3 Å². The number of benzene rings is 2. The number of aromatic nitrogens is 4. The van der Waals surface area contributed by atoms with Gasteiger partial charge in [0.1, 0.15) is 11.6 Å². The number of pyridine rings is 1. The Kier molecular flexibility index (Phi) is 5.60. The lowest BCUT2D eigenvalue weighted by Crippen LogP contribution is -2.02. The van der Waals surface area contributed by atoms with Crippen LogP contribution >= 0.6 is 23.4 Å². The van der Waals surface area contributed by atoms with Crippen LogP contribution in [0.25, 0.3) is 17.1 Å². The Bertz CT molecular complexity index is 1160. The van der Waals surface area contributed by atoms with Crippen LogP contribution in [0.5, 0.6) is 0 Å². The van der Waals surface area contributed by atoms with Gasteiger partial charge in [-0.15, -0.1) is 10.2 Å². The van der Waals surface area contributed by atoms with Gasteiger partial charge in [-0.1, -0.05) is 29.4 Å². The fourth-order valence-corrected chi connectivity index (χ4v) is 3.97. The average molecular weight is 429 g/mol. The van der Waals surface area contributed by atoms with Gasteiger partial charge in [-0.25, -0.2) is 8.78 Å². The quantitative estimate of drug-likeness (QED) is 0.373. The molecule has 0 saturated carbocycles. The molecule has 29 heavy (non-hydrogen) atoms. The molecule has 2 aromatic carbocycles. The van der Waals surface area contributed by atoms with Crippen LogP contribution in [-0.4, -0.2) is 19.7 Å². The Labute approximate surface area is 175 Å². The summed E-state index contributed by atoms with van der Waals surface area (Å²) in [6.45, 7) is 1.96. The van der Waals surface area contributed by atoms with Gasteiger partial charge in [0, 0.05) is 34.3 Å². The number of thioether (sulfide) groups is 1. The highest BCUT2D eigenvalue weighted by molar-refractivity contribution is 7.98. The van der Waals surface area contributed by atoms with Crippen LogP contribution in [0.1, 0.15) is 11.1 Å². The van der Waals surface area contributed by atoms with E-state index in [4.69, 9.17) is 11.6 Å². The molecular formula is C21H15ClF2N4S. The Balaban J connectivity index is 1.79. The van der Waals surface area contributed by atoms with E-state index < -0.39 is 11.6 Å². The lowest BCUT2D eigenvalue weighted by Gasteiger charge is -2.13. The van der Waals surface area contributed by atoms with E-state index in [1.165, 1.54) is 17.8 Å². The highest BCUT2D eigenvalue weighted by Gasteiger charge is 2.19. The molecule has 4 rings (SSSR count). The van der Waals surface area contributed by atoms with Gasteiger partial charge in [-0.3, -0.25) is 9.55 Å². The first-order valence-electron chi connectivity index (χ1n) is 8.72. The summed E-state index contributed by atoms with van der Waals surface area (Å²) in [4.78, 5) is 4.15. The molecule has 0 amide bonds. The highest BCUT2D eigenvalue weighted by atomic mass is 35.5. The van der Waals surface area contributed by atoms with Crippen molar-refractivity contribution in [1.29, 1.82) is 0 Å². The van der Waals surface area contributed by atoms with Gasteiger partial charge in [-0.2, -0.15) is 0 Å². The minimum Gasteiger partial charge on any atom is -0.270 e. The fraction of sp³-hybridized carbons (Fsp3) is 0.0952. The number of halogens is 3. The van der Waals surface area contributed by atoms with Crippen LogP contribution in [0.4, 0.5) is 8.78 Å². The normalized spacial score (nSPS) is 11.0. The number of aryl methyl sites for hydroxylation is 1. The molecule has 0 fully saturated rings. The van der Waals surface area contributed by atoms with E-state index >= 15 is 0 Å². The third-order valence-corrected chi connectivity index (χ3v) is 5.54. The van der Waals surface area contributed by atoms with Crippen molar-refractivity contribution in [3.63, 3.8) is 0 Å². The largest absolute Gasteiger partial charge is 0.270 e. The standard InChI is InChI=1S/C21H15ClF2N4S/c1-13-4-5-16(22)10-19(13)28-20(14-3-2-8-25-11-14)26-27-21(28)29-12-15-9-17(23)6-7-18(15)24/h2-11H,12H2,1H3. The molecule has 0 aliphatic heterocycles. The van der Waals surface area contributed by atoms with Crippen molar-refractivity contribution < 1.29 is 8.78 Å². The second-order valence-electron chi connectivity index (χ2n) is 6.34. The zero-order valence-corrected chi connectivity index (χ0v) is 16.9. The summed E-state index contributed by atoms with van der Waals surface area (Å²) in [5, 5.41) is 9.74. The van der Waals surface area contributed by atoms with Gasteiger partial charge < -0.3 is 0 Å². The fourth-order valence-electron chi connectivity index (χ4n) is 2.88. The van der Waals surface area contributed by atoms with Crippen molar-refractivity contribution >= 4 is 23.4 Å². The van der Waals surface area contributed by atoms with Gasteiger partial charge >= 0.3 is 0 Å². The van der Waals surface area contributed by atoms with Crippen LogP contribution < -0.4 is 0 Å². The molecule has 0 N–H and O–H groups in total. The Morgan fingerprint density at radius 2 is 1.93 bits per heavy atom. The van der Waals surface area contributed by atoms with Crippen molar-refractivity contribution in [2.75, 3.05) is 0 Å². The zero-order chi connectivity index (χ0) is 20.4. The van der Waals surface area contributed by atoms with E-state index in [0.29, 0.717) is 16.0 Å². The first-order chi connectivity index (χ1) is 14.0. The number of nitrogens with zero attached hydrogens (tertiary/aromatic N) is 4. The third kappa shape index (κ3) is 4.16. The van der Waals surface area contributed by atoms with Crippen LogP contribution in [0.15, 0.2) is 66.1 Å². The lowest BCUT2D eigenvalue weighted by atomic mass is 10.2. The predicted octanol–water partition coefficient (Wildman–Crippen LogP) is 5.86. The third-order valence-electron chi connectivity index (χ3n) is 4.33. The molecule has 2 aromatic heterocycles. The van der Waals surface area contributed by atoms with E-state index in [1.54, 1.807) is 12.4 Å². The maximum atomic E-state index is 14.0. The molecule has 0 saturated heterocycles. The molecule has 4 nitrogen and oxygen atoms in total. The molecule has 4 aromatic rings. The average Bonchev–Trinajstić information content (AvgIpc) is 3.15. The summed E-state index contributed by atoms with van der Waals surface area (Å²) in [5.41, 5.74) is 2.82. The van der Waals surface area contributed by atoms with Crippen LogP contribution in [0.3, 0.4) is 0 Å². The molecule has 0 spiro atoms. The minimum absolute atomic E-state index is 0.203. The first-order valence-corrected chi connectivity index (χ1v) is 10.1. The Hall–Kier alpha value is -2.77. The second-order valence-corrected chi connectivity index (χ2v) is 7.72. The SMILES string of the molecule is Cc1ccc(Cl)cc1-n1c(SCc2cc(F)ccc2F)nnc1-c1cccnc1. The van der Waals surface area contributed by atoms with E-state index in [0.717, 1.165) is 28.9 Å². The van der Waals surface area contributed by atoms with Gasteiger partial charge in [0.2, 0.25) is 0 Å². The summed E-state index contributed by atoms with van der Waals surface area (Å²) in [5.74, 6) is -0.152. The molecule has 0 bridgehead atoms. The maximum Gasteiger partial charge on any atom is 0.196 e. The summed E-state index contributed by atoms with van der Waals surface area (Å²) < 4.78 is 29.4. The summed E-state index contributed by atoms with van der Waals surface area (Å²) >= 11 is 7.50. The monoisotopic (exact) mass is 428 g/mol. The van der Waals surface area contributed by atoms with Gasteiger partial charge in [-0.05, 0) is 55.0 Å². The molecule has 0 aliphatic rings. The molecule has 146 valence electrons. The van der Waals surface area contributed by atoms with Crippen LogP contribution in [0, 0.1) is 18.6 Å². The smallest absolute Gasteiger partial charge is 0.196 e. The molecule has 0 radical (unpaired) electrons. The van der Waals surface area contributed by atoms with Crippen molar-refractivity contribution in [3.8, 4) is 17.1 Å². The predicted molar refractivity (Wildman–Crippen MR) is 110 cm³/mol. The van der Waals surface area contributed by atoms with E-state index in [1.807, 2.05) is 41.8 Å². The van der Waals surface area contributed by atoms with Crippen molar-refractivity contribution in [1.82, 2.24) is 19.7 Å². The molecule has 2 heterocycles. The second kappa shape index (κ2) is 8.31. The van der Waals surface area contributed by atoms with Crippen molar-refractivity contribution in [2.45, 2.75) is 17.8 Å². The molecule has 0 aliphatic carbocycles. The van der Waals surface area contributed by atoms with E-state index in [9.17, 15) is 8.78 Å². The van der Waals surface area contributed by atoms with Crippen molar-refractivity contribution in [2.24, 2.45) is 0 Å². The number of hydrogen-bond donors (Lipinski definition) is 0. The highest BCUT2D eigenvalue weighted by Crippen LogP contribution is 2.32. The number of rotatable bonds is 5. The molecule has 0 atom stereocenters. The first kappa shape index (κ1) is 19.5. The maximum absolute atomic E-state index is 14.0. The zero-order valence-electron chi connectivity index (χ0n) is 15.3. The van der Waals surface area contributed by atoms with Gasteiger partial charge in [0.25, 0.3) is 0 Å². The summed E-state index contributed by atoms with van der Waals surface area (Å²) in [7, 11) is 0. The lowest BCUT2D eigenvalue weighted by molar-refractivity contribution is 0.591. The van der Waals surface area contributed by atoms with E-state index in [2.05, 4.69) is 15.2 Å². The minimum atomic E-state index is -0.481.